The van der Waals surface area contributed by atoms with Crippen molar-refractivity contribution in [3.63, 3.8) is 0 Å². The summed E-state index contributed by atoms with van der Waals surface area (Å²) in [5.74, 6) is -0.338. The maximum atomic E-state index is 12.3. The Morgan fingerprint density at radius 1 is 1.05 bits per heavy atom. The Kier molecular flexibility index (Phi) is 4.72. The van der Waals surface area contributed by atoms with Crippen molar-refractivity contribution >= 4 is 37.4 Å². The van der Waals surface area contributed by atoms with Gasteiger partial charge in [-0.05, 0) is 55.3 Å². The zero-order valence-electron chi connectivity index (χ0n) is 12.5. The van der Waals surface area contributed by atoms with Gasteiger partial charge in [0, 0.05) is 22.0 Å². The number of halogens is 1. The van der Waals surface area contributed by atoms with Crippen molar-refractivity contribution in [2.45, 2.75) is 18.7 Å². The van der Waals surface area contributed by atoms with Gasteiger partial charge in [0.05, 0.1) is 4.90 Å². The molecule has 1 amide bonds. The van der Waals surface area contributed by atoms with E-state index in [9.17, 15) is 13.2 Å². The van der Waals surface area contributed by atoms with Gasteiger partial charge in [-0.3, -0.25) is 4.79 Å². The number of nitrogens with one attached hydrogen (secondary N) is 1. The molecule has 1 N–H and O–H groups in total. The molecule has 0 aliphatic carbocycles. The first-order valence-corrected chi connectivity index (χ1v) is 9.25. The third kappa shape index (κ3) is 3.75. The normalized spacial score (nSPS) is 11.3. The molecule has 0 aliphatic rings. The molecule has 0 saturated heterocycles. The minimum absolute atomic E-state index is 0.174. The number of amides is 1. The lowest BCUT2D eigenvalue weighted by Gasteiger charge is -2.10. The summed E-state index contributed by atoms with van der Waals surface area (Å²) in [4.78, 5) is 12.5. The number of carbonyl (C=O) groups excluding carboxylic acids is 1. The van der Waals surface area contributed by atoms with Crippen LogP contribution in [-0.4, -0.2) is 20.6 Å². The molecule has 0 saturated carbocycles. The van der Waals surface area contributed by atoms with Gasteiger partial charge < -0.3 is 5.32 Å². The van der Waals surface area contributed by atoms with Gasteiger partial charge in [0.15, 0.2) is 9.84 Å². The fourth-order valence-corrected chi connectivity index (χ4v) is 3.57. The van der Waals surface area contributed by atoms with Gasteiger partial charge in [-0.2, -0.15) is 0 Å². The quantitative estimate of drug-likeness (QED) is 0.880. The largest absolute Gasteiger partial charge is 0.322 e. The lowest BCUT2D eigenvalue weighted by Crippen LogP contribution is -2.14. The molecule has 0 aromatic heterocycles. The average Bonchev–Trinajstić information content (AvgIpc) is 2.41. The first-order valence-electron chi connectivity index (χ1n) is 6.56. The molecular formula is C16H16BrNO3S. The molecule has 2 aromatic rings. The van der Waals surface area contributed by atoms with Crippen LogP contribution in [0.1, 0.15) is 21.5 Å². The van der Waals surface area contributed by atoms with Crippen LogP contribution in [0.15, 0.2) is 45.8 Å². The lowest BCUT2D eigenvalue weighted by atomic mass is 10.1. The van der Waals surface area contributed by atoms with Crippen LogP contribution in [0.3, 0.4) is 0 Å². The van der Waals surface area contributed by atoms with Crippen LogP contribution in [0.5, 0.6) is 0 Å². The first kappa shape index (κ1) is 16.7. The monoisotopic (exact) mass is 381 g/mol. The maximum Gasteiger partial charge on any atom is 0.255 e. The second-order valence-electron chi connectivity index (χ2n) is 5.17. The SMILES string of the molecule is Cc1cc(Br)ccc1NC(=O)c1ccc(C)c(S(C)(=O)=O)c1. The molecule has 116 valence electrons. The standard InChI is InChI=1S/C16H16BrNO3S/c1-10-4-5-12(9-15(10)22(3,20)21)16(19)18-14-7-6-13(17)8-11(14)2/h4-9H,1-3H3,(H,18,19). The van der Waals surface area contributed by atoms with Crippen LogP contribution in [0.25, 0.3) is 0 Å². The Hall–Kier alpha value is -1.66. The molecule has 0 aliphatic heterocycles. The fraction of sp³-hybridized carbons (Fsp3) is 0.188. The van der Waals surface area contributed by atoms with E-state index >= 15 is 0 Å². The number of hydrogen-bond donors (Lipinski definition) is 1. The number of sulfone groups is 1. The number of carbonyl (C=O) groups is 1. The second kappa shape index (κ2) is 6.22. The molecule has 0 spiro atoms. The van der Waals surface area contributed by atoms with Gasteiger partial charge in [0.25, 0.3) is 5.91 Å². The van der Waals surface area contributed by atoms with Gasteiger partial charge in [-0.25, -0.2) is 8.42 Å². The molecule has 6 heteroatoms. The number of benzene rings is 2. The summed E-state index contributed by atoms with van der Waals surface area (Å²) >= 11 is 3.37. The van der Waals surface area contributed by atoms with Crippen LogP contribution >= 0.6 is 15.9 Å². The summed E-state index contributed by atoms with van der Waals surface area (Å²) in [5, 5.41) is 2.80. The average molecular weight is 382 g/mol. The summed E-state index contributed by atoms with van der Waals surface area (Å²) in [6.45, 7) is 3.59. The molecular weight excluding hydrogens is 366 g/mol. The molecule has 22 heavy (non-hydrogen) atoms. The van der Waals surface area contributed by atoms with Crippen LogP contribution in [-0.2, 0) is 9.84 Å². The second-order valence-corrected chi connectivity index (χ2v) is 8.07. The molecule has 0 heterocycles. The van der Waals surface area contributed by atoms with Crippen molar-refractivity contribution in [1.82, 2.24) is 0 Å². The van der Waals surface area contributed by atoms with Crippen molar-refractivity contribution < 1.29 is 13.2 Å². The third-order valence-corrected chi connectivity index (χ3v) is 5.02. The summed E-state index contributed by atoms with van der Waals surface area (Å²) in [6.07, 6.45) is 1.13. The van der Waals surface area contributed by atoms with Crippen LogP contribution < -0.4 is 5.32 Å². The van der Waals surface area contributed by atoms with E-state index in [4.69, 9.17) is 0 Å². The van der Waals surface area contributed by atoms with E-state index in [1.165, 1.54) is 6.07 Å². The van der Waals surface area contributed by atoms with Crippen molar-refractivity contribution in [2.75, 3.05) is 11.6 Å². The van der Waals surface area contributed by atoms with Gasteiger partial charge in [-0.15, -0.1) is 0 Å². The predicted molar refractivity (Wildman–Crippen MR) is 91.1 cm³/mol. The van der Waals surface area contributed by atoms with Crippen molar-refractivity contribution in [3.8, 4) is 0 Å². The summed E-state index contributed by atoms with van der Waals surface area (Å²) in [7, 11) is -3.36. The minimum atomic E-state index is -3.36. The molecule has 0 fully saturated rings. The van der Waals surface area contributed by atoms with Crippen LogP contribution in [0.4, 0.5) is 5.69 Å². The number of hydrogen-bond acceptors (Lipinski definition) is 3. The van der Waals surface area contributed by atoms with Gasteiger partial charge >= 0.3 is 0 Å². The number of anilines is 1. The Balaban J connectivity index is 2.34. The summed E-state index contributed by atoms with van der Waals surface area (Å²) in [6, 6.07) is 10.2. The smallest absolute Gasteiger partial charge is 0.255 e. The van der Waals surface area contributed by atoms with Crippen LogP contribution in [0.2, 0.25) is 0 Å². The predicted octanol–water partition coefficient (Wildman–Crippen LogP) is 3.72. The third-order valence-electron chi connectivity index (χ3n) is 3.29. The Labute approximate surface area is 138 Å². The van der Waals surface area contributed by atoms with E-state index in [0.717, 1.165) is 16.3 Å². The highest BCUT2D eigenvalue weighted by Gasteiger charge is 2.15. The van der Waals surface area contributed by atoms with E-state index in [2.05, 4.69) is 21.2 Å². The van der Waals surface area contributed by atoms with E-state index in [0.29, 0.717) is 16.8 Å². The lowest BCUT2D eigenvalue weighted by molar-refractivity contribution is 0.102. The van der Waals surface area contributed by atoms with Crippen LogP contribution in [0, 0.1) is 13.8 Å². The Morgan fingerprint density at radius 3 is 2.32 bits per heavy atom. The number of rotatable bonds is 3. The van der Waals surface area contributed by atoms with Gasteiger partial charge in [0.2, 0.25) is 0 Å². The fourth-order valence-electron chi connectivity index (χ4n) is 2.10. The van der Waals surface area contributed by atoms with E-state index in [1.807, 2.05) is 19.1 Å². The van der Waals surface area contributed by atoms with Crippen molar-refractivity contribution in [1.29, 1.82) is 0 Å². The van der Waals surface area contributed by atoms with Gasteiger partial charge in [-0.1, -0.05) is 22.0 Å². The molecule has 0 unspecified atom stereocenters. The molecule has 0 radical (unpaired) electrons. The Morgan fingerprint density at radius 2 is 1.73 bits per heavy atom. The number of aryl methyl sites for hydroxylation is 2. The first-order chi connectivity index (χ1) is 10.2. The molecule has 2 aromatic carbocycles. The molecule has 0 bridgehead atoms. The highest BCUT2D eigenvalue weighted by molar-refractivity contribution is 9.10. The minimum Gasteiger partial charge on any atom is -0.322 e. The topological polar surface area (TPSA) is 63.2 Å². The van der Waals surface area contributed by atoms with Crippen molar-refractivity contribution in [3.05, 3.63) is 57.6 Å². The Bertz CT molecular complexity index is 844. The molecule has 0 atom stereocenters. The zero-order chi connectivity index (χ0) is 16.5. The summed E-state index contributed by atoms with van der Waals surface area (Å²) < 4.78 is 24.4. The van der Waals surface area contributed by atoms with E-state index in [-0.39, 0.29) is 10.8 Å². The molecule has 2 rings (SSSR count). The van der Waals surface area contributed by atoms with E-state index in [1.54, 1.807) is 25.1 Å². The van der Waals surface area contributed by atoms with Crippen molar-refractivity contribution in [2.24, 2.45) is 0 Å². The maximum absolute atomic E-state index is 12.3. The zero-order valence-corrected chi connectivity index (χ0v) is 14.9. The highest BCUT2D eigenvalue weighted by Crippen LogP contribution is 2.22. The highest BCUT2D eigenvalue weighted by atomic mass is 79.9. The van der Waals surface area contributed by atoms with Gasteiger partial charge in [0.1, 0.15) is 0 Å². The molecule has 4 nitrogen and oxygen atoms in total. The summed E-state index contributed by atoms with van der Waals surface area (Å²) in [5.41, 5.74) is 2.54. The van der Waals surface area contributed by atoms with E-state index < -0.39 is 9.84 Å².